The molecule has 0 aromatic rings. The van der Waals surface area contributed by atoms with Crippen LogP contribution in [0.4, 0.5) is 0 Å². The van der Waals surface area contributed by atoms with Crippen LogP contribution in [-0.4, -0.2) is 95.9 Å². The number of carbonyl (C=O) groups is 3. The average molecular weight is 1600 g/mol. The maximum absolute atomic E-state index is 13.0. The lowest BCUT2D eigenvalue weighted by molar-refractivity contribution is -0.161. The molecule has 5 atom stereocenters. The number of phosphoric ester groups is 2. The largest absolute Gasteiger partial charge is 0.472 e. The minimum atomic E-state index is -4.93. The van der Waals surface area contributed by atoms with Crippen molar-refractivity contribution in [3.63, 3.8) is 0 Å². The fourth-order valence-corrected chi connectivity index (χ4v) is 13.5. The summed E-state index contributed by atoms with van der Waals surface area (Å²) in [5.74, 6) is -1.57. The predicted octanol–water partition coefficient (Wildman–Crippen LogP) is 26.8. The predicted molar refractivity (Wildman–Crippen MR) is 463 cm³/mol. The summed E-state index contributed by atoms with van der Waals surface area (Å²) in [6, 6.07) is 0. The summed E-state index contributed by atoms with van der Waals surface area (Å²) >= 11 is 0. The Hall–Kier alpha value is -4.57. The van der Waals surface area contributed by atoms with Gasteiger partial charge in [-0.1, -0.05) is 372 Å². The molecule has 0 saturated heterocycles. The van der Waals surface area contributed by atoms with Crippen LogP contribution in [0, 0.1) is 0 Å². The SMILES string of the molecule is CC/C=C\C/C=C\C/C=C\C/C=C\C/C=C\C/C=C\CCCCCCCCCCCCCCCCCCC(=O)OCC(O)COP(=O)(O)OCC(O)COP(=O)(O)OCC(COC(=O)CCCCCCCCCCCC/C=C\C/C=C\C/C=C\C/C=C\C/C=C\C/C=C\CC)OC(=O)CCCCCCCCCCCCC. The van der Waals surface area contributed by atoms with Crippen LogP contribution in [0.2, 0.25) is 0 Å². The number of esters is 3. The maximum atomic E-state index is 13.0. The fourth-order valence-electron chi connectivity index (χ4n) is 11.9. The van der Waals surface area contributed by atoms with Gasteiger partial charge in [-0.3, -0.25) is 32.5 Å². The van der Waals surface area contributed by atoms with Gasteiger partial charge in [-0.05, 0) is 122 Å². The van der Waals surface area contributed by atoms with Crippen molar-refractivity contribution in [3.8, 4) is 0 Å². The third kappa shape index (κ3) is 86.1. The Morgan fingerprint density at radius 1 is 0.261 bits per heavy atom. The number of carbonyl (C=O) groups excluding carboxylic acids is 3. The molecule has 0 rings (SSSR count). The van der Waals surface area contributed by atoms with E-state index in [9.17, 15) is 43.5 Å². The molecule has 638 valence electrons. The van der Waals surface area contributed by atoms with E-state index < -0.39 is 91.5 Å². The van der Waals surface area contributed by atoms with Gasteiger partial charge in [0.25, 0.3) is 0 Å². The fraction of sp³-hybridized carbons (Fsp3) is 0.710. The molecule has 0 amide bonds. The second-order valence-corrected chi connectivity index (χ2v) is 32.2. The Kier molecular flexibility index (Phi) is 81.3. The lowest BCUT2D eigenvalue weighted by atomic mass is 10.0. The van der Waals surface area contributed by atoms with Crippen molar-refractivity contribution in [2.45, 2.75) is 386 Å². The summed E-state index contributed by atoms with van der Waals surface area (Å²) in [5.41, 5.74) is 0. The number of rotatable bonds is 83. The number of hydrogen-bond acceptors (Lipinski definition) is 14. The van der Waals surface area contributed by atoms with E-state index in [0.717, 1.165) is 154 Å². The number of ether oxygens (including phenoxy) is 3. The molecule has 0 radical (unpaired) electrons. The van der Waals surface area contributed by atoms with Crippen LogP contribution in [-0.2, 0) is 55.8 Å². The van der Waals surface area contributed by atoms with Crippen molar-refractivity contribution in [2.24, 2.45) is 0 Å². The first-order valence-electron chi connectivity index (χ1n) is 44.1. The summed E-state index contributed by atoms with van der Waals surface area (Å²) < 4.78 is 61.2. The van der Waals surface area contributed by atoms with Crippen molar-refractivity contribution >= 4 is 33.6 Å². The topological polar surface area (TPSA) is 231 Å². The van der Waals surface area contributed by atoms with Crippen molar-refractivity contribution in [3.05, 3.63) is 146 Å². The van der Waals surface area contributed by atoms with E-state index in [1.54, 1.807) is 0 Å². The quantitative estimate of drug-likeness (QED) is 0.0146. The molecule has 0 bridgehead atoms. The van der Waals surface area contributed by atoms with Crippen molar-refractivity contribution in [2.75, 3.05) is 39.6 Å². The van der Waals surface area contributed by atoms with E-state index in [1.807, 2.05) is 0 Å². The van der Waals surface area contributed by atoms with Crippen molar-refractivity contribution < 1.29 is 75.8 Å². The van der Waals surface area contributed by atoms with Gasteiger partial charge >= 0.3 is 33.6 Å². The van der Waals surface area contributed by atoms with Gasteiger partial charge in [0.2, 0.25) is 0 Å². The number of hydrogen-bond donors (Lipinski definition) is 4. The summed E-state index contributed by atoms with van der Waals surface area (Å²) in [5, 5.41) is 20.7. The molecule has 111 heavy (non-hydrogen) atoms. The van der Waals surface area contributed by atoms with Gasteiger partial charge < -0.3 is 34.2 Å². The third-order valence-electron chi connectivity index (χ3n) is 18.6. The number of aliphatic hydroxyl groups excluding tert-OH is 2. The summed E-state index contributed by atoms with van der Waals surface area (Å²) in [6.45, 7) is 2.48. The zero-order chi connectivity index (χ0) is 80.8. The van der Waals surface area contributed by atoms with Gasteiger partial charge in [-0.2, -0.15) is 0 Å². The van der Waals surface area contributed by atoms with Gasteiger partial charge in [-0.15, -0.1) is 0 Å². The first kappa shape index (κ1) is 106. The van der Waals surface area contributed by atoms with Crippen molar-refractivity contribution in [1.29, 1.82) is 0 Å². The van der Waals surface area contributed by atoms with Gasteiger partial charge in [0.15, 0.2) is 6.10 Å². The zero-order valence-corrected chi connectivity index (χ0v) is 71.9. The van der Waals surface area contributed by atoms with E-state index in [4.69, 9.17) is 32.3 Å². The van der Waals surface area contributed by atoms with E-state index >= 15 is 0 Å². The van der Waals surface area contributed by atoms with Crippen LogP contribution in [0.25, 0.3) is 0 Å². The molecule has 0 spiro atoms. The van der Waals surface area contributed by atoms with Crippen LogP contribution in [0.3, 0.4) is 0 Å². The van der Waals surface area contributed by atoms with Crippen LogP contribution in [0.1, 0.15) is 367 Å². The standard InChI is InChI=1S/C93H160O16P2/c1-4-7-10-13-16-19-22-24-26-28-30-32-34-36-38-40-41-42-43-44-45-47-49-50-52-54-56-58-60-62-65-67-70-73-76-79-91(96)103-82-88(94)83-105-110(99,100)106-84-89(95)85-107-111(101,102)108-87-90(109-93(98)81-78-75-72-69-64-21-18-15-12-9-6-3)86-104-92(97)80-77-74-71-68-66-63-61-59-57-55-53-51-48-46-39-37-35-33-31-29-27-25-23-20-17-14-11-8-5-2/h7-8,10-11,16-17,19-20,24-27,30-33,36-39,41-42,48,51,88-90,94-95H,4-6,9,12-15,18,21-23,28-29,34-35,40,43-47,49-50,52-87H2,1-3H3,(H,99,100)(H,101,102)/b10-7-,11-8-,19-16-,20-17-,26-24-,27-25-,32-30-,33-31-,38-36-,39-37-,42-41-,51-48-. The molecule has 0 aromatic carbocycles. The third-order valence-corrected chi connectivity index (χ3v) is 20.5. The van der Waals surface area contributed by atoms with Crippen LogP contribution in [0.15, 0.2) is 146 Å². The first-order chi connectivity index (χ1) is 54.2. The monoisotopic (exact) mass is 1600 g/mol. The molecule has 0 saturated carbocycles. The Bertz CT molecular complexity index is 2600. The summed E-state index contributed by atoms with van der Waals surface area (Å²) in [7, 11) is -9.79. The second-order valence-electron chi connectivity index (χ2n) is 29.3. The first-order valence-corrected chi connectivity index (χ1v) is 47.1. The molecule has 18 heteroatoms. The maximum Gasteiger partial charge on any atom is 0.472 e. The Morgan fingerprint density at radius 3 is 0.757 bits per heavy atom. The highest BCUT2D eigenvalue weighted by atomic mass is 31.2. The van der Waals surface area contributed by atoms with E-state index in [-0.39, 0.29) is 19.3 Å². The summed E-state index contributed by atoms with van der Waals surface area (Å²) in [4.78, 5) is 58.7. The molecule has 0 aromatic heterocycles. The van der Waals surface area contributed by atoms with Crippen LogP contribution >= 0.6 is 15.6 Å². The van der Waals surface area contributed by atoms with Crippen molar-refractivity contribution in [1.82, 2.24) is 0 Å². The highest BCUT2D eigenvalue weighted by molar-refractivity contribution is 7.47. The summed E-state index contributed by atoms with van der Waals surface area (Å²) in [6.07, 6.45) is 106. The molecule has 0 heterocycles. The highest BCUT2D eigenvalue weighted by Gasteiger charge is 2.29. The van der Waals surface area contributed by atoms with Gasteiger partial charge in [0, 0.05) is 19.3 Å². The smallest absolute Gasteiger partial charge is 0.463 e. The minimum absolute atomic E-state index is 0.105. The number of phosphoric acid groups is 2. The normalized spacial score (nSPS) is 14.5. The molecule has 5 unspecified atom stereocenters. The molecular weight excluding hydrogens is 1430 g/mol. The Morgan fingerprint density at radius 2 is 0.477 bits per heavy atom. The van der Waals surface area contributed by atoms with Gasteiger partial charge in [-0.25, -0.2) is 9.13 Å². The van der Waals surface area contributed by atoms with E-state index in [0.29, 0.717) is 19.3 Å². The van der Waals surface area contributed by atoms with Gasteiger partial charge in [0.1, 0.15) is 25.4 Å². The molecule has 0 fully saturated rings. The number of aliphatic hydroxyl groups is 2. The molecule has 0 aliphatic rings. The molecule has 4 N–H and O–H groups in total. The van der Waals surface area contributed by atoms with E-state index in [1.165, 1.54) is 154 Å². The highest BCUT2D eigenvalue weighted by Crippen LogP contribution is 2.45. The molecule has 16 nitrogen and oxygen atoms in total. The lowest BCUT2D eigenvalue weighted by Crippen LogP contribution is -2.30. The zero-order valence-electron chi connectivity index (χ0n) is 70.1. The second kappa shape index (κ2) is 84.8. The number of unbranched alkanes of at least 4 members (excludes halogenated alkanes) is 36. The Balaban J connectivity index is 4.35. The van der Waals surface area contributed by atoms with Gasteiger partial charge in [0.05, 0.1) is 26.4 Å². The average Bonchev–Trinajstić information content (AvgIpc) is 0.898. The molecule has 0 aliphatic heterocycles. The van der Waals surface area contributed by atoms with E-state index in [2.05, 4.69) is 167 Å². The molecular formula is C93H160O16P2. The minimum Gasteiger partial charge on any atom is -0.463 e. The van der Waals surface area contributed by atoms with Crippen LogP contribution in [0.5, 0.6) is 0 Å². The molecule has 0 aliphatic carbocycles. The lowest BCUT2D eigenvalue weighted by Gasteiger charge is -2.21. The Labute approximate surface area is 677 Å². The van der Waals surface area contributed by atoms with Crippen LogP contribution < -0.4 is 0 Å². The number of allylic oxidation sites excluding steroid dienone is 24.